The molecule has 0 fully saturated rings. The summed E-state index contributed by atoms with van der Waals surface area (Å²) in [5.41, 5.74) is 2.89. The van der Waals surface area contributed by atoms with E-state index in [-0.39, 0.29) is 5.92 Å². The van der Waals surface area contributed by atoms with Gasteiger partial charge in [-0.05, 0) is 18.1 Å². The standard InChI is InChI=1S/C12H13N/c1-4-9(2)11-7-5-6-10(3)12(11)8-13/h4-7,9H,1H2,2-3H3. The van der Waals surface area contributed by atoms with Gasteiger partial charge in [0, 0.05) is 5.92 Å². The van der Waals surface area contributed by atoms with Crippen molar-refractivity contribution in [3.63, 3.8) is 0 Å². The smallest absolute Gasteiger partial charge is 0.0997 e. The zero-order valence-electron chi connectivity index (χ0n) is 8.04. The molecule has 0 saturated carbocycles. The van der Waals surface area contributed by atoms with Gasteiger partial charge in [0.15, 0.2) is 0 Å². The van der Waals surface area contributed by atoms with Crippen molar-refractivity contribution in [2.75, 3.05) is 0 Å². The van der Waals surface area contributed by atoms with E-state index in [0.717, 1.165) is 16.7 Å². The Bertz CT molecular complexity index is 358. The number of nitrogens with zero attached hydrogens (tertiary/aromatic N) is 1. The number of benzene rings is 1. The van der Waals surface area contributed by atoms with E-state index in [0.29, 0.717) is 0 Å². The van der Waals surface area contributed by atoms with Crippen LogP contribution in [0.2, 0.25) is 0 Å². The number of hydrogen-bond acceptors (Lipinski definition) is 1. The average Bonchev–Trinajstić information content (AvgIpc) is 2.16. The third-order valence-corrected chi connectivity index (χ3v) is 2.26. The summed E-state index contributed by atoms with van der Waals surface area (Å²) >= 11 is 0. The van der Waals surface area contributed by atoms with E-state index in [1.54, 1.807) is 0 Å². The van der Waals surface area contributed by atoms with Crippen LogP contribution in [0.3, 0.4) is 0 Å². The van der Waals surface area contributed by atoms with E-state index in [2.05, 4.69) is 12.6 Å². The second-order valence-corrected chi connectivity index (χ2v) is 3.18. The average molecular weight is 171 g/mol. The lowest BCUT2D eigenvalue weighted by atomic mass is 9.93. The maximum atomic E-state index is 8.96. The number of nitriles is 1. The highest BCUT2D eigenvalue weighted by Gasteiger charge is 2.08. The quantitative estimate of drug-likeness (QED) is 0.627. The van der Waals surface area contributed by atoms with Gasteiger partial charge in [0.25, 0.3) is 0 Å². The molecule has 1 unspecified atom stereocenters. The third-order valence-electron chi connectivity index (χ3n) is 2.26. The Balaban J connectivity index is 3.29. The molecule has 1 heteroatoms. The first-order valence-electron chi connectivity index (χ1n) is 4.33. The fourth-order valence-electron chi connectivity index (χ4n) is 1.35. The van der Waals surface area contributed by atoms with Crippen molar-refractivity contribution in [3.05, 3.63) is 47.5 Å². The van der Waals surface area contributed by atoms with Crippen LogP contribution in [0.25, 0.3) is 0 Å². The van der Waals surface area contributed by atoms with Crippen LogP contribution in [-0.2, 0) is 0 Å². The van der Waals surface area contributed by atoms with Gasteiger partial charge in [0.2, 0.25) is 0 Å². The first kappa shape index (κ1) is 9.54. The Kier molecular flexibility index (Phi) is 2.87. The molecule has 0 aliphatic rings. The summed E-state index contributed by atoms with van der Waals surface area (Å²) in [7, 11) is 0. The molecule has 1 aromatic rings. The van der Waals surface area contributed by atoms with E-state index in [1.165, 1.54) is 0 Å². The molecule has 1 nitrogen and oxygen atoms in total. The molecular weight excluding hydrogens is 158 g/mol. The van der Waals surface area contributed by atoms with Gasteiger partial charge < -0.3 is 0 Å². The van der Waals surface area contributed by atoms with Gasteiger partial charge in [-0.25, -0.2) is 0 Å². The van der Waals surface area contributed by atoms with Crippen LogP contribution >= 0.6 is 0 Å². The van der Waals surface area contributed by atoms with Crippen molar-refractivity contribution in [1.29, 1.82) is 5.26 Å². The number of rotatable bonds is 2. The number of aryl methyl sites for hydroxylation is 1. The summed E-state index contributed by atoms with van der Waals surface area (Å²) in [4.78, 5) is 0. The van der Waals surface area contributed by atoms with E-state index >= 15 is 0 Å². The van der Waals surface area contributed by atoms with E-state index < -0.39 is 0 Å². The zero-order valence-corrected chi connectivity index (χ0v) is 8.04. The van der Waals surface area contributed by atoms with Gasteiger partial charge in [0.05, 0.1) is 11.6 Å². The molecule has 0 saturated heterocycles. The van der Waals surface area contributed by atoms with Crippen LogP contribution in [0.15, 0.2) is 30.9 Å². The summed E-state index contributed by atoms with van der Waals surface area (Å²) in [6, 6.07) is 8.15. The second-order valence-electron chi connectivity index (χ2n) is 3.18. The van der Waals surface area contributed by atoms with Crippen LogP contribution in [0.5, 0.6) is 0 Å². The molecule has 0 radical (unpaired) electrons. The Morgan fingerprint density at radius 2 is 2.23 bits per heavy atom. The topological polar surface area (TPSA) is 23.8 Å². The van der Waals surface area contributed by atoms with Gasteiger partial charge in [-0.2, -0.15) is 5.26 Å². The molecule has 13 heavy (non-hydrogen) atoms. The molecular formula is C12H13N. The van der Waals surface area contributed by atoms with Crippen molar-refractivity contribution < 1.29 is 0 Å². The van der Waals surface area contributed by atoms with Gasteiger partial charge in [-0.3, -0.25) is 0 Å². The molecule has 66 valence electrons. The Hall–Kier alpha value is -1.55. The van der Waals surface area contributed by atoms with Crippen LogP contribution in [0.4, 0.5) is 0 Å². The van der Waals surface area contributed by atoms with Crippen molar-refractivity contribution in [2.45, 2.75) is 19.8 Å². The lowest BCUT2D eigenvalue weighted by Gasteiger charge is -2.09. The molecule has 0 spiro atoms. The largest absolute Gasteiger partial charge is 0.192 e. The Morgan fingerprint density at radius 3 is 2.77 bits per heavy atom. The van der Waals surface area contributed by atoms with Crippen LogP contribution in [-0.4, -0.2) is 0 Å². The minimum Gasteiger partial charge on any atom is -0.192 e. The highest BCUT2D eigenvalue weighted by molar-refractivity contribution is 5.46. The van der Waals surface area contributed by atoms with E-state index in [9.17, 15) is 0 Å². The predicted molar refractivity (Wildman–Crippen MR) is 54.5 cm³/mol. The third kappa shape index (κ3) is 1.78. The van der Waals surface area contributed by atoms with Crippen molar-refractivity contribution >= 4 is 0 Å². The second kappa shape index (κ2) is 3.91. The molecule has 1 rings (SSSR count). The van der Waals surface area contributed by atoms with Gasteiger partial charge >= 0.3 is 0 Å². The first-order chi connectivity index (χ1) is 6.20. The monoisotopic (exact) mass is 171 g/mol. The normalized spacial score (nSPS) is 11.8. The van der Waals surface area contributed by atoms with Gasteiger partial charge in [0.1, 0.15) is 0 Å². The van der Waals surface area contributed by atoms with Gasteiger partial charge in [-0.15, -0.1) is 6.58 Å². The first-order valence-corrected chi connectivity index (χ1v) is 4.33. The van der Waals surface area contributed by atoms with Crippen LogP contribution in [0, 0.1) is 18.3 Å². The number of allylic oxidation sites excluding steroid dienone is 1. The van der Waals surface area contributed by atoms with Gasteiger partial charge in [-0.1, -0.05) is 31.2 Å². The molecule has 0 aliphatic carbocycles. The Morgan fingerprint density at radius 1 is 1.54 bits per heavy atom. The lowest BCUT2D eigenvalue weighted by Crippen LogP contribution is -1.95. The summed E-state index contributed by atoms with van der Waals surface area (Å²) in [6.45, 7) is 7.73. The molecule has 1 atom stereocenters. The fraction of sp³-hybridized carbons (Fsp3) is 0.250. The summed E-state index contributed by atoms with van der Waals surface area (Å²) in [5.74, 6) is 0.245. The van der Waals surface area contributed by atoms with E-state index in [4.69, 9.17) is 5.26 Å². The number of hydrogen-bond donors (Lipinski definition) is 0. The summed E-state index contributed by atoms with van der Waals surface area (Å²) in [5, 5.41) is 8.96. The lowest BCUT2D eigenvalue weighted by molar-refractivity contribution is 0.961. The van der Waals surface area contributed by atoms with Crippen molar-refractivity contribution in [1.82, 2.24) is 0 Å². The van der Waals surface area contributed by atoms with E-state index in [1.807, 2.05) is 38.1 Å². The molecule has 0 bridgehead atoms. The molecule has 1 aromatic carbocycles. The minimum atomic E-state index is 0.245. The molecule has 0 amide bonds. The molecule has 0 aliphatic heterocycles. The maximum Gasteiger partial charge on any atom is 0.0997 e. The molecule has 0 heterocycles. The predicted octanol–water partition coefficient (Wildman–Crippen LogP) is 3.16. The SMILES string of the molecule is C=CC(C)c1cccc(C)c1C#N. The highest BCUT2D eigenvalue weighted by atomic mass is 14.3. The minimum absolute atomic E-state index is 0.245. The Labute approximate surface area is 79.3 Å². The van der Waals surface area contributed by atoms with Crippen molar-refractivity contribution in [2.24, 2.45) is 0 Å². The zero-order chi connectivity index (χ0) is 9.84. The summed E-state index contributed by atoms with van der Waals surface area (Å²) < 4.78 is 0. The fourth-order valence-corrected chi connectivity index (χ4v) is 1.35. The van der Waals surface area contributed by atoms with Crippen LogP contribution in [0.1, 0.15) is 29.5 Å². The maximum absolute atomic E-state index is 8.96. The molecule has 0 aromatic heterocycles. The highest BCUT2D eigenvalue weighted by Crippen LogP contribution is 2.22. The van der Waals surface area contributed by atoms with Crippen molar-refractivity contribution in [3.8, 4) is 6.07 Å². The van der Waals surface area contributed by atoms with Crippen LogP contribution < -0.4 is 0 Å². The summed E-state index contributed by atoms with van der Waals surface area (Å²) in [6.07, 6.45) is 1.86. The molecule has 0 N–H and O–H groups in total.